The van der Waals surface area contributed by atoms with E-state index in [-0.39, 0.29) is 5.46 Å². The Kier molecular flexibility index (Phi) is 1.96. The van der Waals surface area contributed by atoms with Crippen molar-refractivity contribution in [2.75, 3.05) is 0 Å². The van der Waals surface area contributed by atoms with Gasteiger partial charge in [-0.2, -0.15) is 0 Å². The van der Waals surface area contributed by atoms with Gasteiger partial charge in [0.2, 0.25) is 0 Å². The molecule has 1 aromatic carbocycles. The Bertz CT molecular complexity index is 390. The van der Waals surface area contributed by atoms with Crippen molar-refractivity contribution in [1.29, 1.82) is 0 Å². The molecule has 1 fully saturated rings. The van der Waals surface area contributed by atoms with Gasteiger partial charge in [-0.15, -0.1) is 0 Å². The molecule has 2 rings (SSSR count). The number of halogens is 1. The third kappa shape index (κ3) is 1.35. The summed E-state index contributed by atoms with van der Waals surface area (Å²) in [6, 6.07) is 5.61. The van der Waals surface area contributed by atoms with E-state index in [1.165, 1.54) is 18.2 Å². The van der Waals surface area contributed by atoms with E-state index in [1.807, 2.05) is 0 Å². The molecular weight excluding hydrogens is 190 g/mol. The molecule has 1 aromatic rings. The van der Waals surface area contributed by atoms with E-state index in [4.69, 9.17) is 0 Å². The molecule has 1 aliphatic rings. The summed E-state index contributed by atoms with van der Waals surface area (Å²) in [5.74, 6) is -2.78. The van der Waals surface area contributed by atoms with Crippen molar-refractivity contribution < 1.29 is 23.3 Å². The Morgan fingerprint density at radius 2 is 1.64 bits per heavy atom. The van der Waals surface area contributed by atoms with E-state index in [1.54, 1.807) is 6.07 Å². The molecule has 14 heavy (non-hydrogen) atoms. The van der Waals surface area contributed by atoms with Crippen LogP contribution >= 0.6 is 0 Å². The van der Waals surface area contributed by atoms with Gasteiger partial charge in [-0.3, -0.25) is 0 Å². The van der Waals surface area contributed by atoms with E-state index >= 15 is 0 Å². The van der Waals surface area contributed by atoms with Crippen LogP contribution in [0.5, 0.6) is 0 Å². The maximum atomic E-state index is 13.1. The van der Waals surface area contributed by atoms with Crippen molar-refractivity contribution in [2.45, 2.75) is 0 Å². The fourth-order valence-corrected chi connectivity index (χ4v) is 1.11. The van der Waals surface area contributed by atoms with Gasteiger partial charge >= 0.3 is 19.1 Å². The van der Waals surface area contributed by atoms with Crippen molar-refractivity contribution >= 4 is 24.5 Å². The van der Waals surface area contributed by atoms with Gasteiger partial charge < -0.3 is 9.31 Å². The fourth-order valence-electron chi connectivity index (χ4n) is 1.11. The topological polar surface area (TPSA) is 52.6 Å². The molecule has 0 unspecified atom stereocenters. The van der Waals surface area contributed by atoms with Gasteiger partial charge in [0.15, 0.2) is 0 Å². The van der Waals surface area contributed by atoms with Crippen molar-refractivity contribution in [1.82, 2.24) is 0 Å². The smallest absolute Gasteiger partial charge is 0.487 e. The van der Waals surface area contributed by atoms with E-state index in [9.17, 15) is 14.0 Å². The molecule has 0 radical (unpaired) electrons. The molecule has 0 saturated carbocycles. The highest BCUT2D eigenvalue weighted by molar-refractivity contribution is 6.71. The predicted molar refractivity (Wildman–Crippen MR) is 44.0 cm³/mol. The largest absolute Gasteiger partial charge is 0.640 e. The van der Waals surface area contributed by atoms with Crippen LogP contribution in [-0.2, 0) is 18.9 Å². The molecule has 0 aromatic heterocycles. The van der Waals surface area contributed by atoms with Crippen molar-refractivity contribution in [3.05, 3.63) is 30.1 Å². The number of hydrogen-bond acceptors (Lipinski definition) is 4. The number of rotatable bonds is 1. The lowest BCUT2D eigenvalue weighted by Gasteiger charge is -2.02. The Balaban J connectivity index is 2.30. The normalized spacial score (nSPS) is 15.4. The van der Waals surface area contributed by atoms with Gasteiger partial charge in [0.25, 0.3) is 0 Å². The minimum atomic E-state index is -1.25. The summed E-state index contributed by atoms with van der Waals surface area (Å²) in [5.41, 5.74) is 0.0340. The van der Waals surface area contributed by atoms with Crippen LogP contribution in [0.15, 0.2) is 24.3 Å². The second-order valence-electron chi connectivity index (χ2n) is 2.66. The summed E-state index contributed by atoms with van der Waals surface area (Å²) in [6.45, 7) is 0. The van der Waals surface area contributed by atoms with Crippen molar-refractivity contribution in [2.24, 2.45) is 0 Å². The molecule has 70 valence electrons. The quantitative estimate of drug-likeness (QED) is 0.451. The lowest BCUT2D eigenvalue weighted by Crippen LogP contribution is -2.34. The first-order chi connectivity index (χ1) is 6.68. The highest BCUT2D eigenvalue weighted by Gasteiger charge is 2.43. The Morgan fingerprint density at radius 3 is 2.21 bits per heavy atom. The van der Waals surface area contributed by atoms with E-state index in [0.717, 1.165) is 0 Å². The van der Waals surface area contributed by atoms with Gasteiger partial charge in [-0.1, -0.05) is 18.2 Å². The van der Waals surface area contributed by atoms with Crippen molar-refractivity contribution in [3.63, 3.8) is 0 Å². The Morgan fingerprint density at radius 1 is 1.07 bits per heavy atom. The highest BCUT2D eigenvalue weighted by atomic mass is 19.1. The summed E-state index contributed by atoms with van der Waals surface area (Å²) in [4.78, 5) is 21.3. The molecule has 1 saturated heterocycles. The van der Waals surface area contributed by atoms with E-state index in [2.05, 4.69) is 9.31 Å². The summed E-state index contributed by atoms with van der Waals surface area (Å²) < 4.78 is 22.1. The van der Waals surface area contributed by atoms with Gasteiger partial charge in [0, 0.05) is 5.46 Å². The molecule has 0 spiro atoms. The van der Waals surface area contributed by atoms with E-state index in [0.29, 0.717) is 0 Å². The van der Waals surface area contributed by atoms with Gasteiger partial charge in [0.1, 0.15) is 5.82 Å². The summed E-state index contributed by atoms with van der Waals surface area (Å²) >= 11 is 0. The fraction of sp³-hybridized carbons (Fsp3) is 0. The lowest BCUT2D eigenvalue weighted by molar-refractivity contribution is -0.150. The second kappa shape index (κ2) is 3.14. The van der Waals surface area contributed by atoms with Gasteiger partial charge in [-0.25, -0.2) is 14.0 Å². The van der Waals surface area contributed by atoms with Gasteiger partial charge in [-0.05, 0) is 6.07 Å². The first-order valence-electron chi connectivity index (χ1n) is 3.84. The highest BCUT2D eigenvalue weighted by Crippen LogP contribution is 2.05. The Hall–Kier alpha value is -1.85. The van der Waals surface area contributed by atoms with Crippen molar-refractivity contribution in [3.8, 4) is 0 Å². The Labute approximate surface area is 78.8 Å². The minimum Gasteiger partial charge on any atom is -0.487 e. The van der Waals surface area contributed by atoms with Crippen LogP contribution < -0.4 is 5.46 Å². The maximum absolute atomic E-state index is 13.1. The lowest BCUT2D eigenvalue weighted by atomic mass is 9.79. The number of carbonyl (C=O) groups excluding carboxylic acids is 2. The van der Waals surface area contributed by atoms with Crippen LogP contribution in [0.4, 0.5) is 4.39 Å². The monoisotopic (exact) mass is 194 g/mol. The van der Waals surface area contributed by atoms with Crippen LogP contribution in [0.25, 0.3) is 0 Å². The van der Waals surface area contributed by atoms with Crippen LogP contribution in [0.2, 0.25) is 0 Å². The summed E-state index contributed by atoms with van der Waals surface area (Å²) in [7, 11) is -1.25. The predicted octanol–water partition coefficient (Wildman–Crippen LogP) is -0.379. The van der Waals surface area contributed by atoms with Crippen LogP contribution in [0, 0.1) is 5.82 Å². The van der Waals surface area contributed by atoms with Crippen LogP contribution in [0.1, 0.15) is 0 Å². The zero-order chi connectivity index (χ0) is 10.1. The minimum absolute atomic E-state index is 0.0340. The summed E-state index contributed by atoms with van der Waals surface area (Å²) in [5, 5.41) is 0. The zero-order valence-corrected chi connectivity index (χ0v) is 6.90. The summed E-state index contributed by atoms with van der Waals surface area (Å²) in [6.07, 6.45) is 0. The molecule has 1 aliphatic heterocycles. The zero-order valence-electron chi connectivity index (χ0n) is 6.90. The third-order valence-corrected chi connectivity index (χ3v) is 1.75. The maximum Gasteiger partial charge on any atom is 0.640 e. The second-order valence-corrected chi connectivity index (χ2v) is 2.66. The SMILES string of the molecule is O=C1OB(c2ccccc2F)OC1=O. The molecule has 6 heteroatoms. The molecule has 0 aliphatic carbocycles. The molecule has 0 N–H and O–H groups in total. The van der Waals surface area contributed by atoms with Crippen LogP contribution in [-0.4, -0.2) is 19.1 Å². The van der Waals surface area contributed by atoms with Crippen LogP contribution in [0.3, 0.4) is 0 Å². The molecule has 4 nitrogen and oxygen atoms in total. The molecule has 0 atom stereocenters. The number of hydrogen-bond donors (Lipinski definition) is 0. The number of benzene rings is 1. The van der Waals surface area contributed by atoms with Gasteiger partial charge in [0.05, 0.1) is 0 Å². The third-order valence-electron chi connectivity index (χ3n) is 1.75. The average molecular weight is 194 g/mol. The first-order valence-corrected chi connectivity index (χ1v) is 3.84. The molecular formula is C8H4BFO4. The standard InChI is InChI=1S/C8H4BFO4/c10-6-4-2-1-3-5(6)9-13-7(11)8(12)14-9/h1-4H. The molecule has 1 heterocycles. The average Bonchev–Trinajstić information content (AvgIpc) is 2.48. The molecule has 0 bridgehead atoms. The first kappa shape index (κ1) is 8.74. The number of carbonyl (C=O) groups is 2. The molecule has 0 amide bonds. The van der Waals surface area contributed by atoms with E-state index < -0.39 is 24.9 Å².